The molecule has 108 valence electrons. The van der Waals surface area contributed by atoms with Gasteiger partial charge in [0.1, 0.15) is 5.75 Å². The van der Waals surface area contributed by atoms with E-state index in [1.165, 1.54) is 12.1 Å². The molecule has 0 spiro atoms. The molecule has 0 bridgehead atoms. The van der Waals surface area contributed by atoms with Crippen molar-refractivity contribution in [3.63, 3.8) is 0 Å². The van der Waals surface area contributed by atoms with Gasteiger partial charge in [-0.15, -0.1) is 0 Å². The van der Waals surface area contributed by atoms with Crippen LogP contribution in [0.2, 0.25) is 0 Å². The molecule has 5 heteroatoms. The van der Waals surface area contributed by atoms with Crippen molar-refractivity contribution in [3.05, 3.63) is 29.8 Å². The Morgan fingerprint density at radius 2 is 1.79 bits per heavy atom. The maximum atomic E-state index is 12.7. The van der Waals surface area contributed by atoms with Crippen LogP contribution >= 0.6 is 0 Å². The minimum absolute atomic E-state index is 0.105. The Morgan fingerprint density at radius 1 is 1.16 bits per heavy atom. The molecule has 2 nitrogen and oxygen atoms in total. The van der Waals surface area contributed by atoms with Crippen LogP contribution in [0.15, 0.2) is 24.3 Å². The summed E-state index contributed by atoms with van der Waals surface area (Å²) in [5.74, 6) is 0.0371. The summed E-state index contributed by atoms with van der Waals surface area (Å²) in [6, 6.07) is 5.64. The lowest BCUT2D eigenvalue weighted by molar-refractivity contribution is -0.139. The van der Waals surface area contributed by atoms with Crippen LogP contribution in [0.4, 0.5) is 13.2 Å². The molecule has 0 heterocycles. The van der Waals surface area contributed by atoms with Gasteiger partial charge in [-0.1, -0.05) is 32.9 Å². The van der Waals surface area contributed by atoms with Gasteiger partial charge in [-0.25, -0.2) is 0 Å². The Hall–Kier alpha value is -1.23. The fraction of sp³-hybridized carbons (Fsp3) is 0.571. The third kappa shape index (κ3) is 5.51. The van der Waals surface area contributed by atoms with Gasteiger partial charge in [-0.2, -0.15) is 13.2 Å². The number of hydrogen-bond donors (Lipinski definition) is 1. The molecule has 1 unspecified atom stereocenters. The van der Waals surface area contributed by atoms with E-state index in [1.54, 1.807) is 6.07 Å². The number of ether oxygens (including phenoxy) is 1. The summed E-state index contributed by atoms with van der Waals surface area (Å²) in [5.41, 5.74) is -0.723. The van der Waals surface area contributed by atoms with Crippen LogP contribution in [0.1, 0.15) is 26.3 Å². The molecule has 19 heavy (non-hydrogen) atoms. The second-order valence-corrected chi connectivity index (χ2v) is 4.97. The van der Waals surface area contributed by atoms with Gasteiger partial charge in [0, 0.05) is 18.5 Å². The lowest BCUT2D eigenvalue weighted by Crippen LogP contribution is -2.30. The first-order chi connectivity index (χ1) is 8.80. The van der Waals surface area contributed by atoms with Gasteiger partial charge in [-0.05, 0) is 12.1 Å². The lowest BCUT2D eigenvalue weighted by Gasteiger charge is -2.18. The molecular weight excluding hydrogens is 255 g/mol. The maximum Gasteiger partial charge on any atom is 0.419 e. The van der Waals surface area contributed by atoms with Crippen molar-refractivity contribution < 1.29 is 17.9 Å². The molecule has 0 radical (unpaired) electrons. The van der Waals surface area contributed by atoms with Gasteiger partial charge in [0.05, 0.1) is 12.2 Å². The number of nitrogens with one attached hydrogen (secondary N) is 1. The third-order valence-corrected chi connectivity index (χ3v) is 2.59. The molecule has 0 aliphatic heterocycles. The normalized spacial score (nSPS) is 13.6. The number of rotatable bonds is 6. The highest BCUT2D eigenvalue weighted by Gasteiger charge is 2.34. The van der Waals surface area contributed by atoms with E-state index in [0.29, 0.717) is 12.6 Å². The number of benzene rings is 1. The second-order valence-electron chi connectivity index (χ2n) is 4.97. The monoisotopic (exact) mass is 275 g/mol. The fourth-order valence-corrected chi connectivity index (χ4v) is 1.55. The molecule has 0 saturated carbocycles. The van der Waals surface area contributed by atoms with Crippen LogP contribution < -0.4 is 10.1 Å². The maximum absolute atomic E-state index is 12.7. The van der Waals surface area contributed by atoms with Gasteiger partial charge in [0.25, 0.3) is 0 Å². The molecule has 0 amide bonds. The molecule has 0 aliphatic carbocycles. The molecule has 0 aliphatic rings. The van der Waals surface area contributed by atoms with Crippen LogP contribution in [-0.4, -0.2) is 19.2 Å². The van der Waals surface area contributed by atoms with Gasteiger partial charge < -0.3 is 10.1 Å². The summed E-state index contributed by atoms with van der Waals surface area (Å²) in [7, 11) is 0. The standard InChI is InChI=1S/C14H20F3NO/c1-10(2)18-8-11(3)9-19-13-7-5-4-6-12(13)14(15,16)17/h4-7,10-11,18H,8-9H2,1-3H3. The van der Waals surface area contributed by atoms with Gasteiger partial charge in [0.15, 0.2) is 0 Å². The van der Waals surface area contributed by atoms with E-state index in [0.717, 1.165) is 6.07 Å². The Morgan fingerprint density at radius 3 is 2.37 bits per heavy atom. The zero-order valence-electron chi connectivity index (χ0n) is 11.4. The van der Waals surface area contributed by atoms with E-state index in [2.05, 4.69) is 5.32 Å². The van der Waals surface area contributed by atoms with E-state index in [9.17, 15) is 13.2 Å². The Balaban J connectivity index is 2.58. The molecule has 0 saturated heterocycles. The quantitative estimate of drug-likeness (QED) is 0.854. The van der Waals surface area contributed by atoms with Crippen LogP contribution in [0, 0.1) is 5.92 Å². The van der Waals surface area contributed by atoms with Crippen molar-refractivity contribution in [1.29, 1.82) is 0 Å². The average Bonchev–Trinajstić information content (AvgIpc) is 2.33. The van der Waals surface area contributed by atoms with Crippen LogP contribution in [0.3, 0.4) is 0 Å². The van der Waals surface area contributed by atoms with E-state index in [1.807, 2.05) is 20.8 Å². The summed E-state index contributed by atoms with van der Waals surface area (Å²) in [4.78, 5) is 0. The number of para-hydroxylation sites is 1. The largest absolute Gasteiger partial charge is 0.493 e. The van der Waals surface area contributed by atoms with Gasteiger partial charge in [-0.3, -0.25) is 0 Å². The first kappa shape index (κ1) is 15.8. The average molecular weight is 275 g/mol. The minimum Gasteiger partial charge on any atom is -0.493 e. The molecule has 1 aromatic carbocycles. The Kier molecular flexibility index (Phi) is 5.66. The van der Waals surface area contributed by atoms with Gasteiger partial charge in [0.2, 0.25) is 0 Å². The van der Waals surface area contributed by atoms with Crippen molar-refractivity contribution in [1.82, 2.24) is 5.32 Å². The molecule has 1 N–H and O–H groups in total. The Labute approximate surface area is 112 Å². The van der Waals surface area contributed by atoms with Crippen molar-refractivity contribution in [2.24, 2.45) is 5.92 Å². The number of halogens is 3. The Bertz CT molecular complexity index is 391. The highest BCUT2D eigenvalue weighted by atomic mass is 19.4. The van der Waals surface area contributed by atoms with Crippen molar-refractivity contribution >= 4 is 0 Å². The summed E-state index contributed by atoms with van der Waals surface area (Å²) in [6.45, 7) is 6.95. The smallest absolute Gasteiger partial charge is 0.419 e. The second kappa shape index (κ2) is 6.80. The predicted octanol–water partition coefficient (Wildman–Crippen LogP) is 3.72. The van der Waals surface area contributed by atoms with E-state index in [4.69, 9.17) is 4.74 Å². The van der Waals surface area contributed by atoms with Crippen LogP contribution in [0.5, 0.6) is 5.75 Å². The molecule has 0 fully saturated rings. The summed E-state index contributed by atoms with van der Waals surface area (Å²) in [5, 5.41) is 3.22. The lowest BCUT2D eigenvalue weighted by atomic mass is 10.1. The van der Waals surface area contributed by atoms with E-state index >= 15 is 0 Å². The summed E-state index contributed by atoms with van der Waals surface area (Å²) >= 11 is 0. The molecule has 1 aromatic rings. The zero-order valence-corrected chi connectivity index (χ0v) is 11.4. The molecule has 0 aromatic heterocycles. The highest BCUT2D eigenvalue weighted by molar-refractivity contribution is 5.35. The van der Waals surface area contributed by atoms with Crippen LogP contribution in [0.25, 0.3) is 0 Å². The zero-order chi connectivity index (χ0) is 14.5. The molecular formula is C14H20F3NO. The summed E-state index contributed by atoms with van der Waals surface area (Å²) < 4.78 is 43.5. The van der Waals surface area contributed by atoms with E-state index in [-0.39, 0.29) is 18.3 Å². The first-order valence-corrected chi connectivity index (χ1v) is 6.33. The predicted molar refractivity (Wildman–Crippen MR) is 69.2 cm³/mol. The van der Waals surface area contributed by atoms with Crippen molar-refractivity contribution in [3.8, 4) is 5.75 Å². The number of alkyl halides is 3. The number of hydrogen-bond acceptors (Lipinski definition) is 2. The van der Waals surface area contributed by atoms with Crippen LogP contribution in [-0.2, 0) is 6.18 Å². The minimum atomic E-state index is -4.38. The molecule has 1 atom stereocenters. The van der Waals surface area contributed by atoms with Gasteiger partial charge >= 0.3 is 6.18 Å². The first-order valence-electron chi connectivity index (χ1n) is 6.33. The topological polar surface area (TPSA) is 21.3 Å². The fourth-order valence-electron chi connectivity index (χ4n) is 1.55. The summed E-state index contributed by atoms with van der Waals surface area (Å²) in [6.07, 6.45) is -4.38. The third-order valence-electron chi connectivity index (χ3n) is 2.59. The SMILES string of the molecule is CC(CNC(C)C)COc1ccccc1C(F)(F)F. The van der Waals surface area contributed by atoms with E-state index < -0.39 is 11.7 Å². The molecule has 1 rings (SSSR count). The highest BCUT2D eigenvalue weighted by Crippen LogP contribution is 2.35. The van der Waals surface area contributed by atoms with Crippen molar-refractivity contribution in [2.75, 3.05) is 13.2 Å². The van der Waals surface area contributed by atoms with Crippen molar-refractivity contribution in [2.45, 2.75) is 33.0 Å².